The highest BCUT2D eigenvalue weighted by Crippen LogP contribution is 2.84. The highest BCUT2D eigenvalue weighted by Gasteiger charge is 2.19. The lowest BCUT2D eigenvalue weighted by Gasteiger charge is -2.24. The van der Waals surface area contributed by atoms with Crippen LogP contribution in [0.25, 0.3) is 0 Å². The molecule has 0 aromatic carbocycles. The predicted molar refractivity (Wildman–Crippen MR) is 149 cm³/mol. The molecule has 0 rings (SSSR count). The van der Waals surface area contributed by atoms with Crippen molar-refractivity contribution >= 4 is 128 Å². The zero-order valence-corrected chi connectivity index (χ0v) is 25.5. The van der Waals surface area contributed by atoms with Crippen molar-refractivity contribution in [2.75, 3.05) is 12.1 Å². The van der Waals surface area contributed by atoms with Crippen LogP contribution in [-0.2, 0) is 19.9 Å². The number of halogens is 1. The van der Waals surface area contributed by atoms with Crippen molar-refractivity contribution in [3.8, 4) is 0 Å². The van der Waals surface area contributed by atoms with Crippen LogP contribution >= 0.6 is 103 Å². The molecule has 0 aliphatic rings. The van der Waals surface area contributed by atoms with E-state index in [2.05, 4.69) is 58.9 Å². The third-order valence-corrected chi connectivity index (χ3v) is 57.5. The molecule has 0 heterocycles. The second-order valence-electron chi connectivity index (χ2n) is 3.90. The lowest BCUT2D eigenvalue weighted by Crippen LogP contribution is -1.85. The van der Waals surface area contributed by atoms with Crippen molar-refractivity contribution in [1.82, 2.24) is 0 Å². The quantitative estimate of drug-likeness (QED) is 0.0897. The summed E-state index contributed by atoms with van der Waals surface area (Å²) in [5.74, 6) is 1.35. The lowest BCUT2D eigenvalue weighted by atomic mass is 10.2. The van der Waals surface area contributed by atoms with Gasteiger partial charge in [0.2, 0.25) is 0 Å². The standard InChI is InChI=1S/C7H23FP10S4/c8-7(19)4-2-1-3-5-13-21-16(11)6-17(14-9)22(20)18(12)15-10/h13-15H,1-6,9-12H2. The molecule has 0 bridgehead atoms. The molecule has 0 spiro atoms. The summed E-state index contributed by atoms with van der Waals surface area (Å²) in [4.78, 5) is 0. The summed E-state index contributed by atoms with van der Waals surface area (Å²) >= 11 is 12.4. The maximum atomic E-state index is 12.4. The fourth-order valence-corrected chi connectivity index (χ4v) is 64.6. The molecule has 0 aromatic rings. The molecule has 0 nitrogen and oxygen atoms in total. The molecule has 0 N–H and O–H groups in total. The van der Waals surface area contributed by atoms with Crippen molar-refractivity contribution < 1.29 is 4.39 Å². The fourth-order valence-electron chi connectivity index (χ4n) is 1.21. The smallest absolute Gasteiger partial charge is 0.162 e. The SMILES string of the molecule is FC(=S)CCCCCPSP(P)CP(PP)S(=S)P(P)PP. The molecule has 0 amide bonds. The Morgan fingerprint density at radius 1 is 1.18 bits per heavy atom. The van der Waals surface area contributed by atoms with Crippen molar-refractivity contribution in [2.24, 2.45) is 0 Å². The minimum atomic E-state index is -0.337. The van der Waals surface area contributed by atoms with Crippen LogP contribution in [0.4, 0.5) is 4.39 Å². The van der Waals surface area contributed by atoms with Gasteiger partial charge in [-0.2, -0.15) is 4.39 Å². The Hall–Kier alpha value is 5.24. The molecule has 0 aromatic heterocycles. The Balaban J connectivity index is 3.80. The van der Waals surface area contributed by atoms with Crippen LogP contribution in [0.15, 0.2) is 0 Å². The monoisotopic (exact) mass is 564 g/mol. The average molecular weight is 564 g/mol. The number of thiocarbonyl (C=S) groups is 1. The highest BCUT2D eigenvalue weighted by atomic mass is 33.5. The summed E-state index contributed by atoms with van der Waals surface area (Å²) in [5.41, 5.74) is 0. The van der Waals surface area contributed by atoms with Crippen molar-refractivity contribution in [3.63, 3.8) is 0 Å². The van der Waals surface area contributed by atoms with Crippen LogP contribution in [0.5, 0.6) is 0 Å². The predicted octanol–water partition coefficient (Wildman–Crippen LogP) is 8.75. The van der Waals surface area contributed by atoms with Crippen LogP contribution in [0.3, 0.4) is 0 Å². The normalized spacial score (nSPS) is 18.6. The molecule has 11 unspecified atom stereocenters. The first-order valence-electron chi connectivity index (χ1n) is 6.19. The largest absolute Gasteiger partial charge is 0.199 e. The summed E-state index contributed by atoms with van der Waals surface area (Å²) in [6.07, 6.45) is 4.95. The van der Waals surface area contributed by atoms with Gasteiger partial charge in [-0.1, -0.05) is 68.9 Å². The lowest BCUT2D eigenvalue weighted by molar-refractivity contribution is 0.704. The van der Waals surface area contributed by atoms with E-state index in [4.69, 9.17) is 11.2 Å². The molecule has 0 fully saturated rings. The summed E-state index contributed by atoms with van der Waals surface area (Å²) in [6, 6.07) is 0. The minimum absolute atomic E-state index is 0.00221. The van der Waals surface area contributed by atoms with Gasteiger partial charge in [0, 0.05) is 18.8 Å². The van der Waals surface area contributed by atoms with Crippen LogP contribution in [-0.4, -0.2) is 17.2 Å². The summed E-state index contributed by atoms with van der Waals surface area (Å²) in [7, 11) is 15.0. The zero-order valence-electron chi connectivity index (χ0n) is 11.9. The van der Waals surface area contributed by atoms with E-state index in [1.165, 1.54) is 18.5 Å². The molecular formula is C7H23FP10S4. The second-order valence-corrected chi connectivity index (χ2v) is 40.6. The van der Waals surface area contributed by atoms with Crippen LogP contribution in [0.2, 0.25) is 0 Å². The molecule has 0 aliphatic carbocycles. The van der Waals surface area contributed by atoms with Gasteiger partial charge in [0.05, 0.1) is 0 Å². The zero-order chi connectivity index (χ0) is 17.0. The summed E-state index contributed by atoms with van der Waals surface area (Å²) in [5, 5.41) is -0.337. The van der Waals surface area contributed by atoms with Gasteiger partial charge < -0.3 is 0 Å². The maximum absolute atomic E-state index is 12.4. The number of hydrogen-bond acceptors (Lipinski definition) is 3. The first-order chi connectivity index (χ1) is 10.4. The topological polar surface area (TPSA) is 0 Å². The molecule has 0 saturated heterocycles. The molecule has 0 saturated carbocycles. The molecule has 11 atom stereocenters. The van der Waals surface area contributed by atoms with Gasteiger partial charge in [-0.3, -0.25) is 0 Å². The van der Waals surface area contributed by atoms with Crippen molar-refractivity contribution in [2.45, 2.75) is 25.7 Å². The van der Waals surface area contributed by atoms with E-state index < -0.39 is 0 Å². The van der Waals surface area contributed by atoms with E-state index in [9.17, 15) is 4.39 Å². The number of unbranched alkanes of at least 4 members (excludes halogenated alkanes) is 2. The Kier molecular flexibility index (Phi) is 22.6. The maximum Gasteiger partial charge on any atom is 0.162 e. The van der Waals surface area contributed by atoms with E-state index in [1.807, 2.05) is 0 Å². The number of hydrogen-bond donors (Lipinski definition) is 0. The first kappa shape index (κ1) is 27.2. The summed E-state index contributed by atoms with van der Waals surface area (Å²) < 4.78 is 12.4. The summed E-state index contributed by atoms with van der Waals surface area (Å²) in [6.45, 7) is 0.0125. The van der Waals surface area contributed by atoms with E-state index in [-0.39, 0.29) is 33.9 Å². The van der Waals surface area contributed by atoms with Crippen LogP contribution in [0, 0.1) is 0 Å². The highest BCUT2D eigenvalue weighted by molar-refractivity contribution is 9.15. The second kappa shape index (κ2) is 18.3. The van der Waals surface area contributed by atoms with Gasteiger partial charge in [0.1, 0.15) is 0 Å². The van der Waals surface area contributed by atoms with Crippen molar-refractivity contribution in [1.29, 1.82) is 0 Å². The third-order valence-electron chi connectivity index (χ3n) is 2.23. The fraction of sp³-hybridized carbons (Fsp3) is 0.857. The molecule has 15 heteroatoms. The van der Waals surface area contributed by atoms with Gasteiger partial charge >= 0.3 is 0 Å². The van der Waals surface area contributed by atoms with Gasteiger partial charge in [-0.15, -0.1) is 28.9 Å². The molecule has 0 radical (unpaired) electrons. The van der Waals surface area contributed by atoms with Gasteiger partial charge in [-0.05, 0) is 43.8 Å². The van der Waals surface area contributed by atoms with Gasteiger partial charge in [-0.25, -0.2) is 0 Å². The Morgan fingerprint density at radius 3 is 2.41 bits per heavy atom. The number of rotatable bonds is 14. The first-order valence-corrected chi connectivity index (χ1v) is 28.2. The minimum Gasteiger partial charge on any atom is -0.199 e. The van der Waals surface area contributed by atoms with E-state index in [0.29, 0.717) is 6.42 Å². The Morgan fingerprint density at radius 2 is 1.86 bits per heavy atom. The molecule has 0 aliphatic heterocycles. The van der Waals surface area contributed by atoms with Gasteiger partial charge in [0.15, 0.2) is 5.12 Å². The van der Waals surface area contributed by atoms with Crippen LogP contribution in [0.1, 0.15) is 25.7 Å². The molecule has 22 heavy (non-hydrogen) atoms. The van der Waals surface area contributed by atoms with Crippen LogP contribution < -0.4 is 0 Å². The van der Waals surface area contributed by atoms with E-state index >= 15 is 0 Å². The van der Waals surface area contributed by atoms with Gasteiger partial charge in [0.25, 0.3) is 0 Å². The van der Waals surface area contributed by atoms with Crippen molar-refractivity contribution in [3.05, 3.63) is 0 Å². The van der Waals surface area contributed by atoms with E-state index in [1.54, 1.807) is 0 Å². The Labute approximate surface area is 168 Å². The molecular weight excluding hydrogens is 541 g/mol. The third kappa shape index (κ3) is 15.2. The van der Waals surface area contributed by atoms with E-state index in [0.717, 1.165) is 36.5 Å². The average Bonchev–Trinajstić information content (AvgIpc) is 2.49. The molecule has 132 valence electrons. The Bertz CT molecular complexity index is 336.